The van der Waals surface area contributed by atoms with E-state index >= 15 is 0 Å². The number of imidazole rings is 1. The Bertz CT molecular complexity index is 1340. The minimum atomic E-state index is -0.322. The molecule has 1 saturated heterocycles. The maximum atomic E-state index is 13.4. The number of nitrogens with zero attached hydrogens (tertiary/aromatic N) is 3. The van der Waals surface area contributed by atoms with Crippen molar-refractivity contribution in [3.63, 3.8) is 0 Å². The van der Waals surface area contributed by atoms with Crippen LogP contribution in [0.15, 0.2) is 52.4 Å². The van der Waals surface area contributed by atoms with Crippen molar-refractivity contribution >= 4 is 34.4 Å². The van der Waals surface area contributed by atoms with Crippen LogP contribution in [0.4, 0.5) is 10.1 Å². The van der Waals surface area contributed by atoms with Crippen molar-refractivity contribution in [1.82, 2.24) is 24.7 Å². The standard InChI is InChI=1S/C22H21FN6O3S/c23-14-5-3-13(4-6-14)20-27-28-22(29(20)11-16-2-1-9-32-16)33-12-19(30)24-15-7-8-17-18(10-15)26-21(31)25-17/h3-8,10,16H,1-2,9,11-12H2,(H,24,30)(H2,25,26,31). The number of carbonyl (C=O) groups excluding carboxylic acids is 1. The van der Waals surface area contributed by atoms with Gasteiger partial charge in [-0.05, 0) is 55.3 Å². The van der Waals surface area contributed by atoms with Crippen LogP contribution in [-0.2, 0) is 16.1 Å². The Morgan fingerprint density at radius 2 is 2.00 bits per heavy atom. The van der Waals surface area contributed by atoms with E-state index in [1.807, 2.05) is 4.57 Å². The van der Waals surface area contributed by atoms with Gasteiger partial charge in [-0.3, -0.25) is 9.36 Å². The second-order valence-corrected chi connectivity index (χ2v) is 8.68. The van der Waals surface area contributed by atoms with Gasteiger partial charge in [-0.15, -0.1) is 10.2 Å². The van der Waals surface area contributed by atoms with Crippen molar-refractivity contribution in [2.45, 2.75) is 30.6 Å². The zero-order valence-electron chi connectivity index (χ0n) is 17.5. The second-order valence-electron chi connectivity index (χ2n) is 7.74. The monoisotopic (exact) mass is 468 g/mol. The van der Waals surface area contributed by atoms with E-state index in [1.54, 1.807) is 30.3 Å². The molecule has 4 aromatic rings. The molecule has 170 valence electrons. The molecule has 3 N–H and O–H groups in total. The van der Waals surface area contributed by atoms with Crippen LogP contribution in [0, 0.1) is 5.82 Å². The van der Waals surface area contributed by atoms with E-state index in [1.165, 1.54) is 23.9 Å². The second kappa shape index (κ2) is 9.20. The fraction of sp³-hybridized carbons (Fsp3) is 0.273. The van der Waals surface area contributed by atoms with Gasteiger partial charge in [0.15, 0.2) is 11.0 Å². The quantitative estimate of drug-likeness (QED) is 0.359. The lowest BCUT2D eigenvalue weighted by molar-refractivity contribution is -0.113. The van der Waals surface area contributed by atoms with E-state index < -0.39 is 0 Å². The number of carbonyl (C=O) groups is 1. The lowest BCUT2D eigenvalue weighted by atomic mass is 10.2. The number of benzene rings is 2. The highest BCUT2D eigenvalue weighted by atomic mass is 32.2. The first-order chi connectivity index (χ1) is 16.0. The van der Waals surface area contributed by atoms with Crippen LogP contribution in [0.1, 0.15) is 12.8 Å². The predicted octanol–water partition coefficient (Wildman–Crippen LogP) is 3.16. The average Bonchev–Trinajstić information content (AvgIpc) is 3.53. The van der Waals surface area contributed by atoms with Crippen molar-refractivity contribution in [1.29, 1.82) is 0 Å². The third-order valence-electron chi connectivity index (χ3n) is 5.36. The summed E-state index contributed by atoms with van der Waals surface area (Å²) in [5.41, 5.74) is 2.31. The fourth-order valence-corrected chi connectivity index (χ4v) is 4.55. The number of aromatic amines is 2. The van der Waals surface area contributed by atoms with Gasteiger partial charge < -0.3 is 20.0 Å². The molecule has 1 unspecified atom stereocenters. The normalized spacial score (nSPS) is 15.8. The van der Waals surface area contributed by atoms with Crippen molar-refractivity contribution < 1.29 is 13.9 Å². The van der Waals surface area contributed by atoms with Crippen LogP contribution < -0.4 is 11.0 Å². The van der Waals surface area contributed by atoms with Crippen molar-refractivity contribution in [3.05, 3.63) is 58.8 Å². The number of amides is 1. The molecular weight excluding hydrogens is 447 g/mol. The minimum Gasteiger partial charge on any atom is -0.376 e. The predicted molar refractivity (Wildman–Crippen MR) is 123 cm³/mol. The Kier molecular flexibility index (Phi) is 5.97. The zero-order chi connectivity index (χ0) is 22.8. The first-order valence-corrected chi connectivity index (χ1v) is 11.5. The number of nitrogens with one attached hydrogen (secondary N) is 3. The first-order valence-electron chi connectivity index (χ1n) is 10.5. The Balaban J connectivity index is 1.31. The van der Waals surface area contributed by atoms with Crippen LogP contribution in [0.2, 0.25) is 0 Å². The molecule has 2 aromatic carbocycles. The van der Waals surface area contributed by atoms with Crippen LogP contribution in [-0.4, -0.2) is 49.1 Å². The molecule has 5 rings (SSSR count). The summed E-state index contributed by atoms with van der Waals surface area (Å²) in [5.74, 6) is 0.189. The third kappa shape index (κ3) is 4.83. The summed E-state index contributed by atoms with van der Waals surface area (Å²) in [6.45, 7) is 1.28. The van der Waals surface area contributed by atoms with Crippen molar-refractivity contribution in [2.75, 3.05) is 17.7 Å². The lowest BCUT2D eigenvalue weighted by Crippen LogP contribution is -2.18. The number of thioether (sulfide) groups is 1. The molecule has 1 fully saturated rings. The Morgan fingerprint density at radius 1 is 1.18 bits per heavy atom. The molecule has 0 saturated carbocycles. The number of fused-ring (bicyclic) bond motifs is 1. The van der Waals surface area contributed by atoms with Crippen LogP contribution in [0.3, 0.4) is 0 Å². The first kappa shape index (κ1) is 21.4. The van der Waals surface area contributed by atoms with Crippen molar-refractivity contribution in [2.24, 2.45) is 0 Å². The molecule has 0 spiro atoms. The number of hydrogen-bond donors (Lipinski definition) is 3. The van der Waals surface area contributed by atoms with Crippen molar-refractivity contribution in [3.8, 4) is 11.4 Å². The molecule has 33 heavy (non-hydrogen) atoms. The van der Waals surface area contributed by atoms with Gasteiger partial charge in [-0.25, -0.2) is 9.18 Å². The maximum absolute atomic E-state index is 13.4. The summed E-state index contributed by atoms with van der Waals surface area (Å²) in [6.07, 6.45) is 1.99. The minimum absolute atomic E-state index is 0.0450. The topological polar surface area (TPSA) is 118 Å². The largest absolute Gasteiger partial charge is 0.376 e. The maximum Gasteiger partial charge on any atom is 0.323 e. The summed E-state index contributed by atoms with van der Waals surface area (Å²) < 4.78 is 21.1. The highest BCUT2D eigenvalue weighted by molar-refractivity contribution is 7.99. The number of aromatic nitrogens is 5. The SMILES string of the molecule is O=C(CSc1nnc(-c2ccc(F)cc2)n1CC1CCCO1)Nc1ccc2[nH]c(=O)[nH]c2c1. The van der Waals surface area contributed by atoms with Gasteiger partial charge in [0.05, 0.1) is 29.4 Å². The third-order valence-corrected chi connectivity index (χ3v) is 6.33. The highest BCUT2D eigenvalue weighted by Crippen LogP contribution is 2.27. The molecule has 0 aliphatic carbocycles. The summed E-state index contributed by atoms with van der Waals surface area (Å²) >= 11 is 1.27. The van der Waals surface area contributed by atoms with E-state index in [-0.39, 0.29) is 29.3 Å². The van der Waals surface area contributed by atoms with Crippen LogP contribution in [0.5, 0.6) is 0 Å². The number of H-pyrrole nitrogens is 2. The fourth-order valence-electron chi connectivity index (χ4n) is 3.80. The van der Waals surface area contributed by atoms with Gasteiger partial charge >= 0.3 is 5.69 Å². The molecule has 11 heteroatoms. The van der Waals surface area contributed by atoms with E-state index in [2.05, 4.69) is 25.5 Å². The van der Waals surface area contributed by atoms with E-state index in [4.69, 9.17) is 4.74 Å². The zero-order valence-corrected chi connectivity index (χ0v) is 18.3. The van der Waals surface area contributed by atoms with Gasteiger partial charge in [-0.2, -0.15) is 0 Å². The van der Waals surface area contributed by atoms with Gasteiger partial charge in [0.1, 0.15) is 5.82 Å². The number of hydrogen-bond acceptors (Lipinski definition) is 6. The number of anilines is 1. The van der Waals surface area contributed by atoms with Crippen LogP contribution in [0.25, 0.3) is 22.4 Å². The summed E-state index contributed by atoms with van der Waals surface area (Å²) in [6, 6.07) is 11.2. The van der Waals surface area contributed by atoms with Gasteiger partial charge in [0, 0.05) is 17.9 Å². The van der Waals surface area contributed by atoms with E-state index in [0.29, 0.717) is 34.2 Å². The summed E-state index contributed by atoms with van der Waals surface area (Å²) in [4.78, 5) is 29.3. The van der Waals surface area contributed by atoms with Gasteiger partial charge in [0.2, 0.25) is 5.91 Å². The number of rotatable bonds is 7. The Hall–Kier alpha value is -3.44. The summed E-state index contributed by atoms with van der Waals surface area (Å²) in [5, 5.41) is 12.0. The number of halogens is 1. The Labute approximate surface area is 191 Å². The molecule has 3 heterocycles. The lowest BCUT2D eigenvalue weighted by Gasteiger charge is -2.14. The Morgan fingerprint density at radius 3 is 2.79 bits per heavy atom. The molecule has 2 aromatic heterocycles. The molecule has 0 bridgehead atoms. The van der Waals surface area contributed by atoms with E-state index in [9.17, 15) is 14.0 Å². The van der Waals surface area contributed by atoms with Crippen LogP contribution >= 0.6 is 11.8 Å². The van der Waals surface area contributed by atoms with Gasteiger partial charge in [-0.1, -0.05) is 11.8 Å². The van der Waals surface area contributed by atoms with Gasteiger partial charge in [0.25, 0.3) is 0 Å². The molecular formula is C22H21FN6O3S. The average molecular weight is 469 g/mol. The smallest absolute Gasteiger partial charge is 0.323 e. The summed E-state index contributed by atoms with van der Waals surface area (Å²) in [7, 11) is 0. The molecule has 1 atom stereocenters. The highest BCUT2D eigenvalue weighted by Gasteiger charge is 2.22. The molecule has 1 amide bonds. The molecule has 0 radical (unpaired) electrons. The van der Waals surface area contributed by atoms with E-state index in [0.717, 1.165) is 25.0 Å². The molecule has 1 aliphatic rings. The number of ether oxygens (including phenoxy) is 1. The molecule has 1 aliphatic heterocycles. The molecule has 9 nitrogen and oxygen atoms in total.